The van der Waals surface area contributed by atoms with E-state index in [2.05, 4.69) is 5.32 Å². The van der Waals surface area contributed by atoms with Crippen LogP contribution in [0.1, 0.15) is 19.4 Å². The van der Waals surface area contributed by atoms with E-state index in [0.29, 0.717) is 26.1 Å². The minimum atomic E-state index is -0.294. The molecule has 5 nitrogen and oxygen atoms in total. The first-order chi connectivity index (χ1) is 11.5. The molecule has 2 atom stereocenters. The fourth-order valence-corrected chi connectivity index (χ4v) is 2.74. The van der Waals surface area contributed by atoms with Gasteiger partial charge < -0.3 is 15.0 Å². The number of hydrogen-bond acceptors (Lipinski definition) is 4. The molecule has 1 aromatic carbocycles. The van der Waals surface area contributed by atoms with E-state index in [1.54, 1.807) is 11.0 Å². The molecule has 2 unspecified atom stereocenters. The third-order valence-corrected chi connectivity index (χ3v) is 3.75. The summed E-state index contributed by atoms with van der Waals surface area (Å²) in [4.78, 5) is 14.1. The minimum absolute atomic E-state index is 0.0430. The number of nitrogens with one attached hydrogen (secondary N) is 1. The highest BCUT2D eigenvalue weighted by Gasteiger charge is 2.27. The lowest BCUT2D eigenvalue weighted by Gasteiger charge is -2.35. The summed E-state index contributed by atoms with van der Waals surface area (Å²) in [5.74, 6) is -0.566. The van der Waals surface area contributed by atoms with Gasteiger partial charge in [0.15, 0.2) is 0 Å². The number of nitrogens with zero attached hydrogens (tertiary/aromatic N) is 2. The molecule has 1 aliphatic rings. The molecular weight excluding hydrogens is 309 g/mol. The molecule has 0 aliphatic carbocycles. The zero-order valence-corrected chi connectivity index (χ0v) is 14.0. The molecule has 0 spiro atoms. The van der Waals surface area contributed by atoms with E-state index in [4.69, 9.17) is 4.74 Å². The Kier molecular flexibility index (Phi) is 6.33. The topological polar surface area (TPSA) is 65.4 Å². The van der Waals surface area contributed by atoms with Crippen molar-refractivity contribution in [1.82, 2.24) is 10.2 Å². The zero-order chi connectivity index (χ0) is 17.5. The van der Waals surface area contributed by atoms with Gasteiger partial charge in [0.2, 0.25) is 0 Å². The Morgan fingerprint density at radius 2 is 2.17 bits per heavy atom. The van der Waals surface area contributed by atoms with E-state index in [9.17, 15) is 14.4 Å². The molecule has 24 heavy (non-hydrogen) atoms. The first-order valence-electron chi connectivity index (χ1n) is 8.02. The summed E-state index contributed by atoms with van der Waals surface area (Å²) in [7, 11) is 0. The number of benzene rings is 1. The second-order valence-electron chi connectivity index (χ2n) is 5.97. The number of nitriles is 1. The lowest BCUT2D eigenvalue weighted by Crippen LogP contribution is -2.48. The molecule has 1 aromatic rings. The van der Waals surface area contributed by atoms with Crippen LogP contribution in [0.15, 0.2) is 36.0 Å². The van der Waals surface area contributed by atoms with Gasteiger partial charge in [-0.1, -0.05) is 12.1 Å². The van der Waals surface area contributed by atoms with Crippen molar-refractivity contribution < 1.29 is 13.9 Å². The highest BCUT2D eigenvalue weighted by atomic mass is 19.1. The quantitative estimate of drug-likeness (QED) is 0.509. The number of rotatable bonds is 5. The lowest BCUT2D eigenvalue weighted by molar-refractivity contribution is -0.138. The maximum atomic E-state index is 13.1. The molecule has 1 amide bonds. The number of carbonyl (C=O) groups excluding carboxylic acids is 1. The van der Waals surface area contributed by atoms with Gasteiger partial charge in [-0.15, -0.1) is 0 Å². The number of halogens is 1. The van der Waals surface area contributed by atoms with Crippen LogP contribution in [0.25, 0.3) is 0 Å². The highest BCUT2D eigenvalue weighted by molar-refractivity contribution is 5.97. The summed E-state index contributed by atoms with van der Waals surface area (Å²) >= 11 is 0. The van der Waals surface area contributed by atoms with Crippen molar-refractivity contribution >= 4 is 5.91 Å². The van der Waals surface area contributed by atoms with Crippen molar-refractivity contribution in [3.8, 4) is 6.07 Å². The SMILES string of the molecule is CC1CN(C(=O)/C(C#N)=C\NCCc2cccc(F)c2)CC(C)O1. The Balaban J connectivity index is 1.89. The van der Waals surface area contributed by atoms with Crippen LogP contribution < -0.4 is 5.32 Å². The normalized spacial score (nSPS) is 21.2. The number of morpholine rings is 1. The first kappa shape index (κ1) is 18.0. The molecule has 6 heteroatoms. The van der Waals surface area contributed by atoms with Gasteiger partial charge in [-0.25, -0.2) is 4.39 Å². The smallest absolute Gasteiger partial charge is 0.266 e. The monoisotopic (exact) mass is 331 g/mol. The van der Waals surface area contributed by atoms with Crippen molar-refractivity contribution in [2.24, 2.45) is 0 Å². The number of carbonyl (C=O) groups is 1. The van der Waals surface area contributed by atoms with Crippen LogP contribution in [0.2, 0.25) is 0 Å². The minimum Gasteiger partial charge on any atom is -0.389 e. The predicted molar refractivity (Wildman–Crippen MR) is 88.4 cm³/mol. The third-order valence-electron chi connectivity index (χ3n) is 3.75. The van der Waals surface area contributed by atoms with Crippen molar-refractivity contribution in [1.29, 1.82) is 5.26 Å². The molecule has 0 saturated carbocycles. The van der Waals surface area contributed by atoms with Crippen LogP contribution in [-0.4, -0.2) is 42.6 Å². The molecule has 1 fully saturated rings. The van der Waals surface area contributed by atoms with Crippen molar-refractivity contribution in [2.45, 2.75) is 32.5 Å². The fourth-order valence-electron chi connectivity index (χ4n) is 2.74. The second-order valence-corrected chi connectivity index (χ2v) is 5.97. The van der Waals surface area contributed by atoms with Gasteiger partial charge in [0.05, 0.1) is 12.2 Å². The molecule has 1 saturated heterocycles. The molecule has 1 aliphatic heterocycles. The van der Waals surface area contributed by atoms with Gasteiger partial charge in [0, 0.05) is 25.8 Å². The van der Waals surface area contributed by atoms with E-state index in [1.165, 1.54) is 18.3 Å². The fraction of sp³-hybridized carbons (Fsp3) is 0.444. The Bertz CT molecular complexity index is 644. The van der Waals surface area contributed by atoms with E-state index in [-0.39, 0.29) is 29.5 Å². The van der Waals surface area contributed by atoms with Crippen molar-refractivity contribution in [3.05, 3.63) is 47.4 Å². The largest absolute Gasteiger partial charge is 0.389 e. The van der Waals surface area contributed by atoms with Crippen LogP contribution in [0.3, 0.4) is 0 Å². The van der Waals surface area contributed by atoms with E-state index < -0.39 is 0 Å². The van der Waals surface area contributed by atoms with Crippen LogP contribution in [0.5, 0.6) is 0 Å². The molecule has 1 heterocycles. The predicted octanol–water partition coefficient (Wildman–Crippen LogP) is 2.00. The molecule has 0 radical (unpaired) electrons. The highest BCUT2D eigenvalue weighted by Crippen LogP contribution is 2.13. The molecule has 0 bridgehead atoms. The summed E-state index contributed by atoms with van der Waals surface area (Å²) in [6.45, 7) is 5.28. The van der Waals surface area contributed by atoms with E-state index in [0.717, 1.165) is 5.56 Å². The molecule has 2 rings (SSSR count). The average Bonchev–Trinajstić information content (AvgIpc) is 2.53. The summed E-state index contributed by atoms with van der Waals surface area (Å²) in [5, 5.41) is 12.2. The maximum absolute atomic E-state index is 13.1. The van der Waals surface area contributed by atoms with Crippen LogP contribution in [0.4, 0.5) is 4.39 Å². The van der Waals surface area contributed by atoms with Crippen LogP contribution in [-0.2, 0) is 16.0 Å². The molecule has 0 aromatic heterocycles. The summed E-state index contributed by atoms with van der Waals surface area (Å²) in [6, 6.07) is 8.30. The average molecular weight is 331 g/mol. The van der Waals surface area contributed by atoms with E-state index >= 15 is 0 Å². The van der Waals surface area contributed by atoms with E-state index in [1.807, 2.05) is 26.0 Å². The molecule has 1 N–H and O–H groups in total. The van der Waals surface area contributed by atoms with Crippen LogP contribution in [0, 0.1) is 17.1 Å². The Morgan fingerprint density at radius 3 is 2.79 bits per heavy atom. The Morgan fingerprint density at radius 1 is 1.46 bits per heavy atom. The second kappa shape index (κ2) is 8.46. The summed E-state index contributed by atoms with van der Waals surface area (Å²) in [5.41, 5.74) is 0.923. The first-order valence-corrected chi connectivity index (χ1v) is 8.02. The van der Waals surface area contributed by atoms with Crippen LogP contribution >= 0.6 is 0 Å². The molecule has 128 valence electrons. The third kappa shape index (κ3) is 5.07. The number of amides is 1. The van der Waals surface area contributed by atoms with Gasteiger partial charge >= 0.3 is 0 Å². The zero-order valence-electron chi connectivity index (χ0n) is 14.0. The van der Waals surface area contributed by atoms with Gasteiger partial charge in [-0.05, 0) is 38.0 Å². The maximum Gasteiger partial charge on any atom is 0.266 e. The number of ether oxygens (including phenoxy) is 1. The Hall–Kier alpha value is -2.39. The summed E-state index contributed by atoms with van der Waals surface area (Å²) in [6.07, 6.45) is 1.95. The summed E-state index contributed by atoms with van der Waals surface area (Å²) < 4.78 is 18.7. The van der Waals surface area contributed by atoms with Gasteiger partial charge in [-0.3, -0.25) is 4.79 Å². The number of hydrogen-bond donors (Lipinski definition) is 1. The van der Waals surface area contributed by atoms with Crippen molar-refractivity contribution in [3.63, 3.8) is 0 Å². The molecular formula is C18H22FN3O2. The standard InChI is InChI=1S/C18H22FN3O2/c1-13-11-22(12-14(2)24-13)18(23)16(9-20)10-21-7-6-15-4-3-5-17(19)8-15/h3-5,8,10,13-14,21H,6-7,11-12H2,1-2H3/b16-10-. The van der Waals surface area contributed by atoms with Gasteiger partial charge in [-0.2, -0.15) is 5.26 Å². The van der Waals surface area contributed by atoms with Crippen molar-refractivity contribution in [2.75, 3.05) is 19.6 Å². The van der Waals surface area contributed by atoms with Gasteiger partial charge in [0.25, 0.3) is 5.91 Å². The Labute approximate surface area is 141 Å². The van der Waals surface area contributed by atoms with Gasteiger partial charge in [0.1, 0.15) is 17.5 Å². The lowest BCUT2D eigenvalue weighted by atomic mass is 10.1.